The number of dihydropyridines is 1. The number of allylic oxidation sites excluding steroid dienone is 3. The lowest BCUT2D eigenvalue weighted by Crippen LogP contribution is -2.36. The van der Waals surface area contributed by atoms with Gasteiger partial charge < -0.3 is 29.0 Å². The first-order chi connectivity index (χ1) is 17.4. The molecule has 2 heterocycles. The highest BCUT2D eigenvalue weighted by Gasteiger charge is 2.43. The van der Waals surface area contributed by atoms with Crippen LogP contribution in [0.2, 0.25) is 0 Å². The molecule has 8 nitrogen and oxygen atoms in total. The Morgan fingerprint density at radius 1 is 1.03 bits per heavy atom. The van der Waals surface area contributed by atoms with Crippen LogP contribution in [0, 0.1) is 0 Å². The summed E-state index contributed by atoms with van der Waals surface area (Å²) in [6.45, 7) is 2.20. The Labute approximate surface area is 214 Å². The van der Waals surface area contributed by atoms with Crippen LogP contribution in [0.5, 0.6) is 17.2 Å². The van der Waals surface area contributed by atoms with Crippen LogP contribution in [0.3, 0.4) is 0 Å². The predicted molar refractivity (Wildman–Crippen MR) is 136 cm³/mol. The monoisotopic (exact) mass is 513 g/mol. The lowest BCUT2D eigenvalue weighted by molar-refractivity contribution is -0.140. The first kappa shape index (κ1) is 25.8. The van der Waals surface area contributed by atoms with Gasteiger partial charge in [-0.25, -0.2) is 4.79 Å². The molecular formula is C27H31NO7S. The number of carbonyl (C=O) groups excluding carboxylic acids is 2. The van der Waals surface area contributed by atoms with E-state index in [0.717, 1.165) is 5.70 Å². The molecule has 1 aliphatic carbocycles. The van der Waals surface area contributed by atoms with Gasteiger partial charge in [-0.1, -0.05) is 12.1 Å². The van der Waals surface area contributed by atoms with E-state index >= 15 is 0 Å². The molecule has 0 saturated carbocycles. The molecule has 1 aromatic heterocycles. The van der Waals surface area contributed by atoms with Gasteiger partial charge in [-0.05, 0) is 30.9 Å². The van der Waals surface area contributed by atoms with E-state index in [1.54, 1.807) is 31.6 Å². The fourth-order valence-corrected chi connectivity index (χ4v) is 5.82. The van der Waals surface area contributed by atoms with E-state index in [4.69, 9.17) is 23.7 Å². The maximum atomic E-state index is 13.7. The van der Waals surface area contributed by atoms with Crippen molar-refractivity contribution in [2.45, 2.75) is 31.6 Å². The van der Waals surface area contributed by atoms with Gasteiger partial charge in [0, 0.05) is 46.9 Å². The second-order valence-electron chi connectivity index (χ2n) is 8.58. The van der Waals surface area contributed by atoms with Crippen LogP contribution < -0.4 is 19.5 Å². The van der Waals surface area contributed by atoms with Gasteiger partial charge in [-0.15, -0.1) is 11.3 Å². The number of thiophene rings is 1. The van der Waals surface area contributed by atoms with Crippen LogP contribution in [0.1, 0.15) is 42.0 Å². The molecule has 2 atom stereocenters. The van der Waals surface area contributed by atoms with Crippen molar-refractivity contribution < 1.29 is 33.3 Å². The van der Waals surface area contributed by atoms with E-state index in [1.165, 1.54) is 19.1 Å². The number of nitrogens with one attached hydrogen (secondary N) is 1. The lowest BCUT2D eigenvalue weighted by Gasteiger charge is -2.37. The Balaban J connectivity index is 1.87. The smallest absolute Gasteiger partial charge is 0.336 e. The Hall–Kier alpha value is -3.30. The zero-order valence-electron chi connectivity index (χ0n) is 21.1. The van der Waals surface area contributed by atoms with E-state index in [2.05, 4.69) is 11.4 Å². The third-order valence-electron chi connectivity index (χ3n) is 6.56. The fourth-order valence-electron chi connectivity index (χ4n) is 4.99. The summed E-state index contributed by atoms with van der Waals surface area (Å²) in [6, 6.07) is 7.63. The van der Waals surface area contributed by atoms with Gasteiger partial charge in [0.25, 0.3) is 0 Å². The SMILES string of the molecule is COCCOC(=O)C1=C(C)NC2=C(C(=O)CC(c3cccs3)C2)C1c1ccc(OC)c(OC)c1OC. The number of methoxy groups -OCH3 is 4. The molecule has 2 aromatic rings. The van der Waals surface area contributed by atoms with Gasteiger partial charge in [0.15, 0.2) is 17.3 Å². The summed E-state index contributed by atoms with van der Waals surface area (Å²) in [4.78, 5) is 28.3. The van der Waals surface area contributed by atoms with Gasteiger partial charge in [0.2, 0.25) is 5.75 Å². The van der Waals surface area contributed by atoms with Gasteiger partial charge in [-0.3, -0.25) is 4.79 Å². The number of hydrogen-bond donors (Lipinski definition) is 1. The summed E-state index contributed by atoms with van der Waals surface area (Å²) in [5, 5.41) is 5.39. The molecule has 1 aliphatic heterocycles. The highest BCUT2D eigenvalue weighted by Crippen LogP contribution is 2.51. The fraction of sp³-hybridized carbons (Fsp3) is 0.407. The van der Waals surface area contributed by atoms with Crippen molar-refractivity contribution in [1.82, 2.24) is 5.32 Å². The summed E-state index contributed by atoms with van der Waals surface area (Å²) in [5.41, 5.74) is 3.00. The molecule has 192 valence electrons. The third-order valence-corrected chi connectivity index (χ3v) is 7.59. The minimum absolute atomic E-state index is 0.0151. The van der Waals surface area contributed by atoms with Gasteiger partial charge in [0.05, 0.1) is 39.4 Å². The number of hydrogen-bond acceptors (Lipinski definition) is 9. The van der Waals surface area contributed by atoms with Gasteiger partial charge >= 0.3 is 5.97 Å². The molecule has 0 fully saturated rings. The topological polar surface area (TPSA) is 92.3 Å². The maximum Gasteiger partial charge on any atom is 0.336 e. The summed E-state index contributed by atoms with van der Waals surface area (Å²) < 4.78 is 27.4. The second kappa shape index (κ2) is 11.2. The largest absolute Gasteiger partial charge is 0.493 e. The molecule has 2 aliphatic rings. The molecule has 2 unspecified atom stereocenters. The van der Waals surface area contributed by atoms with E-state index in [9.17, 15) is 9.59 Å². The van der Waals surface area contributed by atoms with Crippen molar-refractivity contribution in [2.24, 2.45) is 0 Å². The number of rotatable bonds is 9. The third kappa shape index (κ3) is 4.73. The molecule has 9 heteroatoms. The number of ketones is 1. The van der Waals surface area contributed by atoms with Gasteiger partial charge in [-0.2, -0.15) is 0 Å². The number of ether oxygens (including phenoxy) is 5. The van der Waals surface area contributed by atoms with Crippen LogP contribution in [-0.2, 0) is 19.1 Å². The number of esters is 1. The molecule has 0 amide bonds. The maximum absolute atomic E-state index is 13.7. The summed E-state index contributed by atoms with van der Waals surface area (Å²) in [5.74, 6) is 0.139. The number of carbonyl (C=O) groups is 2. The summed E-state index contributed by atoms with van der Waals surface area (Å²) in [7, 11) is 6.13. The van der Waals surface area contributed by atoms with Crippen LogP contribution in [-0.4, -0.2) is 53.4 Å². The molecule has 1 aromatic carbocycles. The first-order valence-electron chi connectivity index (χ1n) is 11.7. The van der Waals surface area contributed by atoms with Crippen molar-refractivity contribution in [3.05, 3.63) is 62.6 Å². The molecule has 0 spiro atoms. The van der Waals surface area contributed by atoms with Crippen LogP contribution >= 0.6 is 11.3 Å². The number of Topliss-reactive ketones (excluding diaryl/α,β-unsaturated/α-hetero) is 1. The van der Waals surface area contributed by atoms with Crippen LogP contribution in [0.4, 0.5) is 0 Å². The number of benzene rings is 1. The molecule has 0 saturated heterocycles. The zero-order valence-corrected chi connectivity index (χ0v) is 22.0. The van der Waals surface area contributed by atoms with Crippen molar-refractivity contribution in [2.75, 3.05) is 41.7 Å². The van der Waals surface area contributed by atoms with Crippen LogP contribution in [0.25, 0.3) is 0 Å². The minimum atomic E-state index is -0.692. The van der Waals surface area contributed by atoms with Crippen molar-refractivity contribution in [3.63, 3.8) is 0 Å². The lowest BCUT2D eigenvalue weighted by atomic mass is 9.72. The molecule has 0 radical (unpaired) electrons. The summed E-state index contributed by atoms with van der Waals surface area (Å²) in [6.07, 6.45) is 1.02. The highest BCUT2D eigenvalue weighted by atomic mass is 32.1. The van der Waals surface area contributed by atoms with E-state index < -0.39 is 11.9 Å². The molecular weight excluding hydrogens is 482 g/mol. The predicted octanol–water partition coefficient (Wildman–Crippen LogP) is 4.33. The van der Waals surface area contributed by atoms with Crippen molar-refractivity contribution in [3.8, 4) is 17.2 Å². The second-order valence-corrected chi connectivity index (χ2v) is 9.56. The Morgan fingerprint density at radius 3 is 2.44 bits per heavy atom. The van der Waals surface area contributed by atoms with E-state index in [0.29, 0.717) is 52.5 Å². The highest BCUT2D eigenvalue weighted by molar-refractivity contribution is 7.10. The minimum Gasteiger partial charge on any atom is -0.493 e. The molecule has 4 rings (SSSR count). The Kier molecular flexibility index (Phi) is 8.01. The normalized spacial score (nSPS) is 19.5. The molecule has 1 N–H and O–H groups in total. The van der Waals surface area contributed by atoms with Gasteiger partial charge in [0.1, 0.15) is 6.61 Å². The molecule has 0 bridgehead atoms. The average Bonchev–Trinajstić information content (AvgIpc) is 3.42. The quantitative estimate of drug-likeness (QED) is 0.391. The first-order valence-corrected chi connectivity index (χ1v) is 12.5. The molecule has 36 heavy (non-hydrogen) atoms. The van der Waals surface area contributed by atoms with Crippen LogP contribution in [0.15, 0.2) is 52.2 Å². The Bertz CT molecular complexity index is 1200. The standard InChI is InChI=1S/C27H31NO7S/c1-15-22(27(30)35-11-10-31-2)23(17-8-9-20(32-3)26(34-5)25(17)33-4)24-18(28-15)13-16(14-19(24)29)21-7-6-12-36-21/h6-9,12,16,23,28H,10-11,13-14H2,1-5H3. The van der Waals surface area contributed by atoms with E-state index in [-0.39, 0.29) is 24.9 Å². The zero-order chi connectivity index (χ0) is 25.8. The van der Waals surface area contributed by atoms with E-state index in [1.807, 2.05) is 24.4 Å². The summed E-state index contributed by atoms with van der Waals surface area (Å²) >= 11 is 1.65. The van der Waals surface area contributed by atoms with Crippen molar-refractivity contribution in [1.29, 1.82) is 0 Å². The average molecular weight is 514 g/mol. The van der Waals surface area contributed by atoms with Crippen molar-refractivity contribution >= 4 is 23.1 Å². The Morgan fingerprint density at radius 2 is 1.81 bits per heavy atom.